The zero-order valence-electron chi connectivity index (χ0n) is 9.95. The fourth-order valence-electron chi connectivity index (χ4n) is 1.69. The molecule has 0 saturated heterocycles. The minimum atomic E-state index is 0.478. The van der Waals surface area contributed by atoms with E-state index in [9.17, 15) is 0 Å². The van der Waals surface area contributed by atoms with Gasteiger partial charge in [0, 0.05) is 11.7 Å². The summed E-state index contributed by atoms with van der Waals surface area (Å²) in [6.07, 6.45) is 2.36. The van der Waals surface area contributed by atoms with Crippen molar-refractivity contribution < 1.29 is 0 Å². The second kappa shape index (κ2) is 4.78. The molecule has 0 fully saturated rings. The first-order chi connectivity index (χ1) is 7.69. The largest absolute Gasteiger partial charge is 0.359 e. The smallest absolute Gasteiger partial charge is 0.185 e. The van der Waals surface area contributed by atoms with Crippen LogP contribution in [0.3, 0.4) is 0 Å². The van der Waals surface area contributed by atoms with E-state index in [2.05, 4.69) is 29.1 Å². The van der Waals surface area contributed by atoms with Crippen molar-refractivity contribution in [1.82, 2.24) is 9.97 Å². The van der Waals surface area contributed by atoms with Crippen molar-refractivity contribution in [2.45, 2.75) is 39.7 Å². The van der Waals surface area contributed by atoms with Gasteiger partial charge in [-0.05, 0) is 32.4 Å². The maximum atomic E-state index is 4.52. The molecule has 2 aromatic rings. The number of hydrogen-bond acceptors (Lipinski definition) is 4. The maximum absolute atomic E-state index is 4.52. The molecule has 2 aromatic heterocycles. The fourth-order valence-corrected chi connectivity index (χ4v) is 2.68. The van der Waals surface area contributed by atoms with Crippen LogP contribution in [-0.2, 0) is 0 Å². The summed E-state index contributed by atoms with van der Waals surface area (Å²) >= 11 is 1.63. The van der Waals surface area contributed by atoms with Gasteiger partial charge in [-0.3, -0.25) is 0 Å². The lowest BCUT2D eigenvalue weighted by atomic mass is 10.2. The van der Waals surface area contributed by atoms with Gasteiger partial charge in [0.05, 0.1) is 0 Å². The van der Waals surface area contributed by atoms with Gasteiger partial charge in [-0.2, -0.15) is 0 Å². The number of fused-ring (bicyclic) bond motifs is 1. The predicted octanol–water partition coefficient (Wildman–Crippen LogP) is 3.60. The standard InChI is InChI=1S/C12H17N3S/c1-4-5-8(2)14-12-15-10-7-6-9(3)13-11(10)16-12/h6-8H,4-5H2,1-3H3,(H,14,15). The molecule has 2 rings (SSSR count). The Balaban J connectivity index is 2.19. The molecule has 1 N–H and O–H groups in total. The van der Waals surface area contributed by atoms with Gasteiger partial charge in [-0.25, -0.2) is 9.97 Å². The summed E-state index contributed by atoms with van der Waals surface area (Å²) in [4.78, 5) is 10.0. The topological polar surface area (TPSA) is 37.8 Å². The molecule has 0 aliphatic heterocycles. The molecule has 4 heteroatoms. The summed E-state index contributed by atoms with van der Waals surface area (Å²) in [6, 6.07) is 4.51. The van der Waals surface area contributed by atoms with Crippen LogP contribution in [0.25, 0.3) is 10.3 Å². The van der Waals surface area contributed by atoms with Gasteiger partial charge in [0.25, 0.3) is 0 Å². The number of hydrogen-bond donors (Lipinski definition) is 1. The highest BCUT2D eigenvalue weighted by Crippen LogP contribution is 2.25. The molecule has 1 atom stereocenters. The van der Waals surface area contributed by atoms with Gasteiger partial charge >= 0.3 is 0 Å². The van der Waals surface area contributed by atoms with Crippen LogP contribution in [0, 0.1) is 6.92 Å². The van der Waals surface area contributed by atoms with Crippen LogP contribution in [0.15, 0.2) is 12.1 Å². The van der Waals surface area contributed by atoms with Gasteiger partial charge in [0.2, 0.25) is 0 Å². The average molecular weight is 235 g/mol. The van der Waals surface area contributed by atoms with E-state index in [1.165, 1.54) is 12.8 Å². The molecular formula is C12H17N3S. The Morgan fingerprint density at radius 2 is 2.19 bits per heavy atom. The summed E-state index contributed by atoms with van der Waals surface area (Å²) in [6.45, 7) is 6.39. The van der Waals surface area contributed by atoms with Crippen LogP contribution in [0.5, 0.6) is 0 Å². The van der Waals surface area contributed by atoms with Crippen molar-refractivity contribution in [3.8, 4) is 0 Å². The molecule has 0 aliphatic rings. The normalized spacial score (nSPS) is 12.9. The number of rotatable bonds is 4. The summed E-state index contributed by atoms with van der Waals surface area (Å²) in [5.74, 6) is 0. The minimum Gasteiger partial charge on any atom is -0.359 e. The molecule has 0 bridgehead atoms. The van der Waals surface area contributed by atoms with Gasteiger partial charge in [0.15, 0.2) is 5.13 Å². The van der Waals surface area contributed by atoms with Gasteiger partial charge in [-0.1, -0.05) is 24.7 Å². The number of nitrogens with one attached hydrogen (secondary N) is 1. The molecule has 2 heterocycles. The molecule has 1 unspecified atom stereocenters. The van der Waals surface area contributed by atoms with Crippen LogP contribution in [0.1, 0.15) is 32.4 Å². The predicted molar refractivity (Wildman–Crippen MR) is 70.1 cm³/mol. The van der Waals surface area contributed by atoms with Gasteiger partial charge in [0.1, 0.15) is 10.3 Å². The first-order valence-corrected chi connectivity index (χ1v) is 6.51. The summed E-state index contributed by atoms with van der Waals surface area (Å²) in [7, 11) is 0. The lowest BCUT2D eigenvalue weighted by molar-refractivity contribution is 0.690. The Labute approximate surface area is 99.9 Å². The second-order valence-corrected chi connectivity index (χ2v) is 5.11. The Morgan fingerprint density at radius 1 is 1.38 bits per heavy atom. The van der Waals surface area contributed by atoms with Crippen LogP contribution >= 0.6 is 11.3 Å². The quantitative estimate of drug-likeness (QED) is 0.879. The van der Waals surface area contributed by atoms with E-state index in [0.29, 0.717) is 6.04 Å². The highest BCUT2D eigenvalue weighted by molar-refractivity contribution is 7.21. The molecule has 0 aliphatic carbocycles. The number of aromatic nitrogens is 2. The Hall–Kier alpha value is -1.16. The Kier molecular flexibility index (Phi) is 3.39. The second-order valence-electron chi connectivity index (χ2n) is 4.13. The lowest BCUT2D eigenvalue weighted by Crippen LogP contribution is -2.13. The third-order valence-corrected chi connectivity index (χ3v) is 3.38. The summed E-state index contributed by atoms with van der Waals surface area (Å²) in [5, 5.41) is 4.40. The maximum Gasteiger partial charge on any atom is 0.185 e. The molecule has 0 aromatic carbocycles. The van der Waals surface area contributed by atoms with Crippen LogP contribution in [0.4, 0.5) is 5.13 Å². The van der Waals surface area contributed by atoms with E-state index >= 15 is 0 Å². The summed E-state index contributed by atoms with van der Waals surface area (Å²) < 4.78 is 0. The van der Waals surface area contributed by atoms with Crippen molar-refractivity contribution in [3.63, 3.8) is 0 Å². The van der Waals surface area contributed by atoms with E-state index in [4.69, 9.17) is 0 Å². The number of thiazole rings is 1. The van der Waals surface area contributed by atoms with Crippen molar-refractivity contribution >= 4 is 26.8 Å². The van der Waals surface area contributed by atoms with Gasteiger partial charge < -0.3 is 5.32 Å². The van der Waals surface area contributed by atoms with Crippen molar-refractivity contribution in [2.24, 2.45) is 0 Å². The van der Waals surface area contributed by atoms with Crippen molar-refractivity contribution in [3.05, 3.63) is 17.8 Å². The van der Waals surface area contributed by atoms with E-state index in [-0.39, 0.29) is 0 Å². The Bertz CT molecular complexity index is 478. The number of anilines is 1. The first-order valence-electron chi connectivity index (χ1n) is 5.69. The van der Waals surface area contributed by atoms with Crippen molar-refractivity contribution in [2.75, 3.05) is 5.32 Å². The molecule has 0 radical (unpaired) electrons. The molecule has 0 spiro atoms. The molecule has 86 valence electrons. The van der Waals surface area contributed by atoms with Crippen LogP contribution in [-0.4, -0.2) is 16.0 Å². The SMILES string of the molecule is CCCC(C)Nc1nc2ccc(C)nc2s1. The molecule has 0 amide bonds. The van der Waals surface area contributed by atoms with Crippen LogP contribution < -0.4 is 5.32 Å². The van der Waals surface area contributed by atoms with Gasteiger partial charge in [-0.15, -0.1) is 0 Å². The average Bonchev–Trinajstić information content (AvgIpc) is 2.59. The molecule has 0 saturated carbocycles. The van der Waals surface area contributed by atoms with Crippen LogP contribution in [0.2, 0.25) is 0 Å². The van der Waals surface area contributed by atoms with E-state index in [0.717, 1.165) is 21.2 Å². The highest BCUT2D eigenvalue weighted by Gasteiger charge is 2.07. The summed E-state index contributed by atoms with van der Waals surface area (Å²) in [5.41, 5.74) is 2.03. The van der Waals surface area contributed by atoms with E-state index in [1.807, 2.05) is 19.1 Å². The lowest BCUT2D eigenvalue weighted by Gasteiger charge is -2.10. The first kappa shape index (κ1) is 11.3. The molecular weight excluding hydrogens is 218 g/mol. The van der Waals surface area contributed by atoms with Crippen molar-refractivity contribution in [1.29, 1.82) is 0 Å². The number of pyridine rings is 1. The fraction of sp³-hybridized carbons (Fsp3) is 0.500. The zero-order chi connectivity index (χ0) is 11.5. The van der Waals surface area contributed by atoms with E-state index < -0.39 is 0 Å². The van der Waals surface area contributed by atoms with E-state index in [1.54, 1.807) is 11.3 Å². The molecule has 3 nitrogen and oxygen atoms in total. The minimum absolute atomic E-state index is 0.478. The third-order valence-electron chi connectivity index (χ3n) is 2.49. The number of nitrogens with zero attached hydrogens (tertiary/aromatic N) is 2. The molecule has 16 heavy (non-hydrogen) atoms. The third kappa shape index (κ3) is 2.50. The monoisotopic (exact) mass is 235 g/mol. The highest BCUT2D eigenvalue weighted by atomic mass is 32.1. The zero-order valence-corrected chi connectivity index (χ0v) is 10.8. The Morgan fingerprint density at radius 3 is 2.94 bits per heavy atom. The number of aryl methyl sites for hydroxylation is 1.